The highest BCUT2D eigenvalue weighted by Gasteiger charge is 2.18. The number of H-pyrrole nitrogens is 1. The van der Waals surface area contributed by atoms with Gasteiger partial charge in [-0.25, -0.2) is 4.79 Å². The van der Waals surface area contributed by atoms with E-state index in [0.717, 1.165) is 0 Å². The molecule has 1 aromatic carbocycles. The number of hydrogen-bond donors (Lipinski definition) is 2. The second-order valence-corrected chi connectivity index (χ2v) is 3.57. The second-order valence-electron chi connectivity index (χ2n) is 2.78. The summed E-state index contributed by atoms with van der Waals surface area (Å²) in [5, 5.41) is 9.84. The average Bonchev–Trinajstić information content (AvgIpc) is 2.42. The molecule has 0 radical (unpaired) electrons. The summed E-state index contributed by atoms with van der Waals surface area (Å²) in [4.78, 5) is 13.6. The van der Waals surface area contributed by atoms with Crippen molar-refractivity contribution in [1.29, 1.82) is 0 Å². The number of hydrogen-bond acceptors (Lipinski definition) is 1. The van der Waals surface area contributed by atoms with Gasteiger partial charge < -0.3 is 10.1 Å². The maximum atomic E-state index is 10.9. The molecule has 1 aromatic heterocycles. The van der Waals surface area contributed by atoms with Gasteiger partial charge in [-0.05, 0) is 12.1 Å². The number of carboxylic acid groups (broad SMARTS) is 1. The SMILES string of the molecule is O=C(O)c1c(Cl)[nH]c2cccc(Cl)c12. The summed E-state index contributed by atoms with van der Waals surface area (Å²) in [6, 6.07) is 5.07. The Labute approximate surface area is 89.2 Å². The summed E-state index contributed by atoms with van der Waals surface area (Å²) in [6.07, 6.45) is 0. The number of benzene rings is 1. The molecule has 1 heterocycles. The lowest BCUT2D eigenvalue weighted by molar-refractivity contribution is 0.0699. The Morgan fingerprint density at radius 3 is 2.71 bits per heavy atom. The van der Waals surface area contributed by atoms with Crippen LogP contribution in [0.5, 0.6) is 0 Å². The molecule has 0 spiro atoms. The molecule has 0 atom stereocenters. The molecule has 2 aromatic rings. The number of aromatic nitrogens is 1. The lowest BCUT2D eigenvalue weighted by atomic mass is 10.2. The van der Waals surface area contributed by atoms with Crippen LogP contribution in [-0.4, -0.2) is 16.1 Å². The average molecular weight is 230 g/mol. The van der Waals surface area contributed by atoms with Gasteiger partial charge >= 0.3 is 5.97 Å². The zero-order valence-corrected chi connectivity index (χ0v) is 8.36. The number of aromatic amines is 1. The van der Waals surface area contributed by atoms with Gasteiger partial charge in [-0.3, -0.25) is 0 Å². The highest BCUT2D eigenvalue weighted by molar-refractivity contribution is 6.40. The molecule has 3 nitrogen and oxygen atoms in total. The molecule has 2 N–H and O–H groups in total. The molecular formula is C9H5Cl2NO2. The number of halogens is 2. The largest absolute Gasteiger partial charge is 0.478 e. The van der Waals surface area contributed by atoms with E-state index in [1.54, 1.807) is 18.2 Å². The van der Waals surface area contributed by atoms with E-state index >= 15 is 0 Å². The van der Waals surface area contributed by atoms with Crippen LogP contribution in [0.15, 0.2) is 18.2 Å². The summed E-state index contributed by atoms with van der Waals surface area (Å²) in [5.74, 6) is -1.09. The third kappa shape index (κ3) is 1.25. The molecule has 14 heavy (non-hydrogen) atoms. The van der Waals surface area contributed by atoms with E-state index < -0.39 is 5.97 Å². The monoisotopic (exact) mass is 229 g/mol. The first-order chi connectivity index (χ1) is 6.61. The van der Waals surface area contributed by atoms with Gasteiger partial charge in [0.25, 0.3) is 0 Å². The van der Waals surface area contributed by atoms with Crippen LogP contribution < -0.4 is 0 Å². The predicted molar refractivity (Wildman–Crippen MR) is 55.3 cm³/mol. The summed E-state index contributed by atoms with van der Waals surface area (Å²) >= 11 is 11.6. The number of fused-ring (bicyclic) bond motifs is 1. The molecule has 0 aliphatic rings. The maximum absolute atomic E-state index is 10.9. The van der Waals surface area contributed by atoms with E-state index in [9.17, 15) is 4.79 Å². The molecule has 0 amide bonds. The first-order valence-corrected chi connectivity index (χ1v) is 4.56. The molecule has 0 fully saturated rings. The molecule has 0 saturated heterocycles. The number of carbonyl (C=O) groups is 1. The van der Waals surface area contributed by atoms with Crippen molar-refractivity contribution in [3.05, 3.63) is 33.9 Å². The molecule has 0 bridgehead atoms. The van der Waals surface area contributed by atoms with E-state index in [2.05, 4.69) is 4.98 Å². The van der Waals surface area contributed by atoms with Crippen LogP contribution in [0.3, 0.4) is 0 Å². The normalized spacial score (nSPS) is 10.7. The third-order valence-corrected chi connectivity index (χ3v) is 2.54. The van der Waals surface area contributed by atoms with Crippen molar-refractivity contribution in [2.45, 2.75) is 0 Å². The van der Waals surface area contributed by atoms with Gasteiger partial charge in [0.15, 0.2) is 0 Å². The summed E-state index contributed by atoms with van der Waals surface area (Å²) in [5.41, 5.74) is 0.646. The zero-order chi connectivity index (χ0) is 10.3. The van der Waals surface area contributed by atoms with Crippen molar-refractivity contribution in [1.82, 2.24) is 4.98 Å². The highest BCUT2D eigenvalue weighted by atomic mass is 35.5. The molecule has 0 aliphatic heterocycles. The lowest BCUT2D eigenvalue weighted by Crippen LogP contribution is -1.95. The van der Waals surface area contributed by atoms with Crippen molar-refractivity contribution in [3.8, 4) is 0 Å². The van der Waals surface area contributed by atoms with Crippen molar-refractivity contribution < 1.29 is 9.90 Å². The highest BCUT2D eigenvalue weighted by Crippen LogP contribution is 2.31. The molecule has 0 aliphatic carbocycles. The second kappa shape index (κ2) is 3.19. The molecule has 72 valence electrons. The minimum atomic E-state index is -1.09. The molecule has 2 rings (SSSR count). The van der Waals surface area contributed by atoms with Crippen LogP contribution >= 0.6 is 23.2 Å². The van der Waals surface area contributed by atoms with Crippen LogP contribution in [0.4, 0.5) is 0 Å². The Bertz CT molecular complexity index is 519. The predicted octanol–water partition coefficient (Wildman–Crippen LogP) is 3.17. The number of carboxylic acids is 1. The van der Waals surface area contributed by atoms with Crippen molar-refractivity contribution in [2.24, 2.45) is 0 Å². The first-order valence-electron chi connectivity index (χ1n) is 3.80. The Hall–Kier alpha value is -1.19. The van der Waals surface area contributed by atoms with Crippen LogP contribution in [0.2, 0.25) is 10.2 Å². The summed E-state index contributed by atoms with van der Waals surface area (Å²) < 4.78 is 0. The van der Waals surface area contributed by atoms with Gasteiger partial charge in [-0.15, -0.1) is 0 Å². The van der Waals surface area contributed by atoms with Gasteiger partial charge in [0.05, 0.1) is 5.02 Å². The van der Waals surface area contributed by atoms with Crippen LogP contribution in [0.1, 0.15) is 10.4 Å². The van der Waals surface area contributed by atoms with Gasteiger partial charge in [0, 0.05) is 10.9 Å². The van der Waals surface area contributed by atoms with E-state index in [1.807, 2.05) is 0 Å². The van der Waals surface area contributed by atoms with Gasteiger partial charge in [-0.1, -0.05) is 29.3 Å². The lowest BCUT2D eigenvalue weighted by Gasteiger charge is -1.94. The number of nitrogens with one attached hydrogen (secondary N) is 1. The van der Waals surface area contributed by atoms with Crippen LogP contribution in [0, 0.1) is 0 Å². The third-order valence-electron chi connectivity index (χ3n) is 1.94. The minimum absolute atomic E-state index is 0.0206. The Balaban J connectivity index is 2.93. The molecule has 5 heteroatoms. The minimum Gasteiger partial charge on any atom is -0.478 e. The summed E-state index contributed by atoms with van der Waals surface area (Å²) in [6.45, 7) is 0. The van der Waals surface area contributed by atoms with Crippen molar-refractivity contribution in [3.63, 3.8) is 0 Å². The van der Waals surface area contributed by atoms with Gasteiger partial charge in [0.2, 0.25) is 0 Å². The zero-order valence-electron chi connectivity index (χ0n) is 6.84. The fourth-order valence-electron chi connectivity index (χ4n) is 1.37. The van der Waals surface area contributed by atoms with Crippen molar-refractivity contribution >= 4 is 40.1 Å². The van der Waals surface area contributed by atoms with Crippen molar-refractivity contribution in [2.75, 3.05) is 0 Å². The van der Waals surface area contributed by atoms with E-state index in [1.165, 1.54) is 0 Å². The standard InChI is InChI=1S/C9H5Cl2NO2/c10-4-2-1-3-5-6(4)7(9(13)14)8(11)12-5/h1-3,12H,(H,13,14). The van der Waals surface area contributed by atoms with E-state index in [4.69, 9.17) is 28.3 Å². The Morgan fingerprint density at radius 1 is 1.36 bits per heavy atom. The first kappa shape index (κ1) is 9.37. The van der Waals surface area contributed by atoms with E-state index in [0.29, 0.717) is 15.9 Å². The Kier molecular flexibility index (Phi) is 2.13. The van der Waals surface area contributed by atoms with Gasteiger partial charge in [0.1, 0.15) is 10.7 Å². The van der Waals surface area contributed by atoms with Crippen LogP contribution in [-0.2, 0) is 0 Å². The number of rotatable bonds is 1. The number of aromatic carboxylic acids is 1. The summed E-state index contributed by atoms with van der Waals surface area (Å²) in [7, 11) is 0. The van der Waals surface area contributed by atoms with Gasteiger partial charge in [-0.2, -0.15) is 0 Å². The molecule has 0 saturated carbocycles. The fraction of sp³-hybridized carbons (Fsp3) is 0. The fourth-order valence-corrected chi connectivity index (χ4v) is 1.92. The van der Waals surface area contributed by atoms with Crippen LogP contribution in [0.25, 0.3) is 10.9 Å². The molecular weight excluding hydrogens is 225 g/mol. The topological polar surface area (TPSA) is 53.1 Å². The smallest absolute Gasteiger partial charge is 0.339 e. The quantitative estimate of drug-likeness (QED) is 0.790. The Morgan fingerprint density at radius 2 is 2.07 bits per heavy atom. The molecule has 0 unspecified atom stereocenters. The maximum Gasteiger partial charge on any atom is 0.339 e. The van der Waals surface area contributed by atoms with E-state index in [-0.39, 0.29) is 10.7 Å².